The van der Waals surface area contributed by atoms with Crippen LogP contribution in [0, 0.1) is 5.82 Å². The summed E-state index contributed by atoms with van der Waals surface area (Å²) in [7, 11) is 0. The molecule has 1 aliphatic rings. The topological polar surface area (TPSA) is 29.0 Å². The summed E-state index contributed by atoms with van der Waals surface area (Å²) in [5.41, 5.74) is 0. The molecule has 0 atom stereocenters. The van der Waals surface area contributed by atoms with Crippen LogP contribution in [0.4, 0.5) is 10.3 Å². The molecule has 0 spiro atoms. The van der Waals surface area contributed by atoms with Gasteiger partial charge in [-0.25, -0.2) is 14.4 Å². The van der Waals surface area contributed by atoms with Gasteiger partial charge in [-0.15, -0.1) is 0 Å². The Balaban J connectivity index is 2.08. The average molecular weight is 195 g/mol. The second-order valence-corrected chi connectivity index (χ2v) is 3.60. The number of hydrogen-bond donors (Lipinski definition) is 0. The first-order chi connectivity index (χ1) is 6.86. The maximum atomic E-state index is 12.6. The molecule has 1 fully saturated rings. The molecule has 76 valence electrons. The summed E-state index contributed by atoms with van der Waals surface area (Å²) in [6.45, 7) is 1.98. The van der Waals surface area contributed by atoms with E-state index < -0.39 is 0 Å². The molecule has 1 saturated heterocycles. The molecule has 0 N–H and O–H groups in total. The first-order valence-electron chi connectivity index (χ1n) is 5.09. The van der Waals surface area contributed by atoms with Crippen molar-refractivity contribution in [3.63, 3.8) is 0 Å². The van der Waals surface area contributed by atoms with E-state index in [4.69, 9.17) is 0 Å². The Labute approximate surface area is 83.0 Å². The molecular formula is C10H14FN3. The lowest BCUT2D eigenvalue weighted by atomic mass is 10.2. The highest BCUT2D eigenvalue weighted by molar-refractivity contribution is 5.28. The lowest BCUT2D eigenvalue weighted by molar-refractivity contribution is 0.610. The van der Waals surface area contributed by atoms with E-state index in [-0.39, 0.29) is 5.82 Å². The lowest BCUT2D eigenvalue weighted by Gasteiger charge is -2.19. The molecule has 2 rings (SSSR count). The molecule has 0 aliphatic carbocycles. The minimum absolute atomic E-state index is 0.372. The van der Waals surface area contributed by atoms with Crippen molar-refractivity contribution in [1.82, 2.24) is 9.97 Å². The van der Waals surface area contributed by atoms with Crippen molar-refractivity contribution in [3.8, 4) is 0 Å². The van der Waals surface area contributed by atoms with Gasteiger partial charge in [-0.2, -0.15) is 0 Å². The largest absolute Gasteiger partial charge is 0.341 e. The predicted octanol–water partition coefficient (Wildman–Crippen LogP) is 2.00. The van der Waals surface area contributed by atoms with Gasteiger partial charge in [-0.3, -0.25) is 0 Å². The third-order valence-electron chi connectivity index (χ3n) is 2.50. The van der Waals surface area contributed by atoms with Gasteiger partial charge in [0.1, 0.15) is 0 Å². The Hall–Kier alpha value is -1.19. The number of aromatic nitrogens is 2. The number of nitrogens with zero attached hydrogens (tertiary/aromatic N) is 3. The Kier molecular flexibility index (Phi) is 2.91. The van der Waals surface area contributed by atoms with Crippen LogP contribution in [-0.4, -0.2) is 23.1 Å². The maximum Gasteiger partial charge on any atom is 0.225 e. The predicted molar refractivity (Wildman–Crippen MR) is 52.7 cm³/mol. The minimum atomic E-state index is -0.372. The van der Waals surface area contributed by atoms with Crippen LogP contribution in [0.25, 0.3) is 0 Å². The van der Waals surface area contributed by atoms with Gasteiger partial charge in [0.15, 0.2) is 5.82 Å². The smallest absolute Gasteiger partial charge is 0.225 e. The van der Waals surface area contributed by atoms with Crippen LogP contribution in [0.3, 0.4) is 0 Å². The monoisotopic (exact) mass is 195 g/mol. The van der Waals surface area contributed by atoms with Crippen molar-refractivity contribution in [2.24, 2.45) is 0 Å². The van der Waals surface area contributed by atoms with Gasteiger partial charge in [0, 0.05) is 13.1 Å². The molecule has 1 aromatic heterocycles. The average Bonchev–Trinajstić information content (AvgIpc) is 2.47. The van der Waals surface area contributed by atoms with Gasteiger partial charge in [0.2, 0.25) is 5.95 Å². The molecule has 1 aromatic rings. The fourth-order valence-corrected chi connectivity index (χ4v) is 1.74. The molecule has 0 radical (unpaired) electrons. The highest BCUT2D eigenvalue weighted by atomic mass is 19.1. The number of hydrogen-bond acceptors (Lipinski definition) is 3. The summed E-state index contributed by atoms with van der Waals surface area (Å²) >= 11 is 0. The van der Waals surface area contributed by atoms with Crippen molar-refractivity contribution < 1.29 is 4.39 Å². The standard InChI is InChI=1S/C10H14FN3/c11-9-7-12-10(13-8-9)14-5-3-1-2-4-6-14/h7-8H,1-6H2. The van der Waals surface area contributed by atoms with E-state index in [1.165, 1.54) is 38.1 Å². The Morgan fingerprint density at radius 3 is 2.14 bits per heavy atom. The summed E-state index contributed by atoms with van der Waals surface area (Å²) in [6.07, 6.45) is 7.37. The highest BCUT2D eigenvalue weighted by Crippen LogP contribution is 2.14. The number of rotatable bonds is 1. The molecule has 3 nitrogen and oxygen atoms in total. The third-order valence-corrected chi connectivity index (χ3v) is 2.50. The van der Waals surface area contributed by atoms with E-state index in [2.05, 4.69) is 14.9 Å². The van der Waals surface area contributed by atoms with Gasteiger partial charge in [-0.05, 0) is 12.8 Å². The van der Waals surface area contributed by atoms with E-state index in [0.717, 1.165) is 13.1 Å². The van der Waals surface area contributed by atoms with Gasteiger partial charge >= 0.3 is 0 Å². The summed E-state index contributed by atoms with van der Waals surface area (Å²) in [5, 5.41) is 0. The third kappa shape index (κ3) is 2.19. The Bertz CT molecular complexity index is 278. The van der Waals surface area contributed by atoms with E-state index in [9.17, 15) is 4.39 Å². The van der Waals surface area contributed by atoms with Crippen LogP contribution >= 0.6 is 0 Å². The second kappa shape index (κ2) is 4.35. The Morgan fingerprint density at radius 1 is 1.00 bits per heavy atom. The zero-order chi connectivity index (χ0) is 9.80. The van der Waals surface area contributed by atoms with Crippen LogP contribution in [0.2, 0.25) is 0 Å². The first kappa shape index (κ1) is 9.37. The Morgan fingerprint density at radius 2 is 1.57 bits per heavy atom. The van der Waals surface area contributed by atoms with Crippen LogP contribution in [0.1, 0.15) is 25.7 Å². The van der Waals surface area contributed by atoms with Gasteiger partial charge in [0.25, 0.3) is 0 Å². The van der Waals surface area contributed by atoms with E-state index >= 15 is 0 Å². The van der Waals surface area contributed by atoms with E-state index in [0.29, 0.717) is 5.95 Å². The quantitative estimate of drug-likeness (QED) is 0.686. The second-order valence-electron chi connectivity index (χ2n) is 3.60. The summed E-state index contributed by atoms with van der Waals surface area (Å²) in [6, 6.07) is 0. The molecule has 1 aliphatic heterocycles. The zero-order valence-electron chi connectivity index (χ0n) is 8.12. The molecule has 0 saturated carbocycles. The van der Waals surface area contributed by atoms with Crippen molar-refractivity contribution in [2.75, 3.05) is 18.0 Å². The SMILES string of the molecule is Fc1cnc(N2CCCCCC2)nc1. The maximum absolute atomic E-state index is 12.6. The molecule has 4 heteroatoms. The molecule has 0 unspecified atom stereocenters. The lowest BCUT2D eigenvalue weighted by Crippen LogP contribution is -2.25. The van der Waals surface area contributed by atoms with Gasteiger partial charge in [0.05, 0.1) is 12.4 Å². The van der Waals surface area contributed by atoms with Crippen molar-refractivity contribution in [1.29, 1.82) is 0 Å². The highest BCUT2D eigenvalue weighted by Gasteiger charge is 2.11. The minimum Gasteiger partial charge on any atom is -0.341 e. The molecule has 14 heavy (non-hydrogen) atoms. The summed E-state index contributed by atoms with van der Waals surface area (Å²) in [4.78, 5) is 10.1. The van der Waals surface area contributed by atoms with Crippen molar-refractivity contribution in [2.45, 2.75) is 25.7 Å². The normalized spacial score (nSPS) is 17.9. The fourth-order valence-electron chi connectivity index (χ4n) is 1.74. The summed E-state index contributed by atoms with van der Waals surface area (Å²) < 4.78 is 12.6. The van der Waals surface area contributed by atoms with Crippen LogP contribution in [0.5, 0.6) is 0 Å². The van der Waals surface area contributed by atoms with E-state index in [1.807, 2.05) is 0 Å². The van der Waals surface area contributed by atoms with Gasteiger partial charge < -0.3 is 4.90 Å². The summed E-state index contributed by atoms with van der Waals surface area (Å²) in [5.74, 6) is 0.289. The molecule has 2 heterocycles. The number of anilines is 1. The van der Waals surface area contributed by atoms with Crippen LogP contribution in [-0.2, 0) is 0 Å². The number of halogens is 1. The molecule has 0 amide bonds. The molecule has 0 bridgehead atoms. The molecular weight excluding hydrogens is 181 g/mol. The van der Waals surface area contributed by atoms with Crippen LogP contribution in [0.15, 0.2) is 12.4 Å². The van der Waals surface area contributed by atoms with Gasteiger partial charge in [-0.1, -0.05) is 12.8 Å². The first-order valence-corrected chi connectivity index (χ1v) is 5.09. The molecule has 0 aromatic carbocycles. The van der Waals surface area contributed by atoms with E-state index in [1.54, 1.807) is 0 Å². The van der Waals surface area contributed by atoms with Crippen LogP contribution < -0.4 is 4.90 Å². The fraction of sp³-hybridized carbons (Fsp3) is 0.600. The van der Waals surface area contributed by atoms with Crippen molar-refractivity contribution >= 4 is 5.95 Å². The van der Waals surface area contributed by atoms with Crippen molar-refractivity contribution in [3.05, 3.63) is 18.2 Å². The zero-order valence-corrected chi connectivity index (χ0v) is 8.12.